The molecule has 0 aliphatic heterocycles. The zero-order chi connectivity index (χ0) is 12.2. The molecule has 0 unspecified atom stereocenters. The lowest BCUT2D eigenvalue weighted by atomic mass is 10.2. The van der Waals surface area contributed by atoms with Crippen LogP contribution in [0.4, 0.5) is 10.5 Å². The Labute approximate surface area is 101 Å². The number of aliphatic hydroxyl groups excluding tert-OH is 1. The van der Waals surface area contributed by atoms with Gasteiger partial charge in [-0.05, 0) is 20.8 Å². The van der Waals surface area contributed by atoms with E-state index in [1.165, 1.54) is 12.4 Å². The van der Waals surface area contributed by atoms with E-state index < -0.39 is 11.7 Å². The van der Waals surface area contributed by atoms with Gasteiger partial charge in [0.05, 0.1) is 18.1 Å². The normalized spacial score (nSPS) is 10.4. The Bertz CT molecular complexity index is 357. The van der Waals surface area contributed by atoms with Crippen LogP contribution in [0, 0.1) is 0 Å². The summed E-state index contributed by atoms with van der Waals surface area (Å²) in [5.74, 6) is 0.301. The molecule has 0 aliphatic rings. The van der Waals surface area contributed by atoms with Crippen molar-refractivity contribution >= 4 is 11.8 Å². The average Bonchev–Trinajstić information content (AvgIpc) is 2.16. The predicted octanol–water partition coefficient (Wildman–Crippen LogP) is 1.95. The fourth-order valence-electron chi connectivity index (χ4n) is 0.922. The van der Waals surface area contributed by atoms with Gasteiger partial charge in [0.1, 0.15) is 12.2 Å². The van der Waals surface area contributed by atoms with E-state index in [0.717, 1.165) is 0 Å². The number of aliphatic hydroxyl groups is 1. The van der Waals surface area contributed by atoms with Gasteiger partial charge in [-0.2, -0.15) is 0 Å². The third-order valence-corrected chi connectivity index (χ3v) is 1.49. The van der Waals surface area contributed by atoms with E-state index in [4.69, 9.17) is 9.84 Å². The van der Waals surface area contributed by atoms with Crippen LogP contribution in [-0.2, 0) is 11.3 Å². The molecule has 1 amide bonds. The number of carbonyl (C=O) groups is 1. The van der Waals surface area contributed by atoms with E-state index in [1.54, 1.807) is 20.8 Å². The quantitative estimate of drug-likeness (QED) is 0.826. The molecule has 0 aromatic carbocycles. The van der Waals surface area contributed by atoms with Crippen molar-refractivity contribution in [2.45, 2.75) is 40.4 Å². The van der Waals surface area contributed by atoms with Crippen LogP contribution in [-0.4, -0.2) is 26.8 Å². The molecule has 1 aromatic heterocycles. The topological polar surface area (TPSA) is 84.3 Å². The van der Waals surface area contributed by atoms with Gasteiger partial charge >= 0.3 is 6.09 Å². The van der Waals surface area contributed by atoms with Crippen LogP contribution in [0.15, 0.2) is 12.4 Å². The zero-order valence-electron chi connectivity index (χ0n) is 9.52. The molecule has 6 heteroatoms. The van der Waals surface area contributed by atoms with Crippen molar-refractivity contribution in [3.8, 4) is 0 Å². The second kappa shape index (κ2) is 6.15. The molecule has 0 bridgehead atoms. The van der Waals surface area contributed by atoms with E-state index >= 15 is 0 Å². The van der Waals surface area contributed by atoms with E-state index in [-0.39, 0.29) is 14.0 Å². The highest BCUT2D eigenvalue weighted by Gasteiger charge is 2.16. The van der Waals surface area contributed by atoms with Crippen molar-refractivity contribution in [1.29, 1.82) is 0 Å². The lowest BCUT2D eigenvalue weighted by molar-refractivity contribution is 0.0636. The molecule has 2 N–H and O–H groups in total. The first-order chi connectivity index (χ1) is 7.40. The summed E-state index contributed by atoms with van der Waals surface area (Å²) in [4.78, 5) is 19.0. The molecule has 0 saturated heterocycles. The summed E-state index contributed by atoms with van der Waals surface area (Å²) in [6, 6.07) is 0. The van der Waals surface area contributed by atoms with Crippen LogP contribution in [0.5, 0.6) is 0 Å². The largest absolute Gasteiger partial charge is 0.444 e. The summed E-state index contributed by atoms with van der Waals surface area (Å²) in [6.07, 6.45) is 2.25. The van der Waals surface area contributed by atoms with Crippen molar-refractivity contribution < 1.29 is 14.6 Å². The van der Waals surface area contributed by atoms with Gasteiger partial charge in [-0.15, -0.1) is 0 Å². The standard InChI is InChI=1S/C10H15N3O3.CH4/c1-10(2,3)16-9(15)13-7-4-11-8(6-14)12-5-7;/h4-5,14H,6H2,1-3H3,(H,13,15);1H4. The summed E-state index contributed by atoms with van der Waals surface area (Å²) in [7, 11) is 0. The molecule has 0 saturated carbocycles. The van der Waals surface area contributed by atoms with Crippen LogP contribution >= 0.6 is 0 Å². The summed E-state index contributed by atoms with van der Waals surface area (Å²) in [5, 5.41) is 11.2. The average molecular weight is 241 g/mol. The zero-order valence-corrected chi connectivity index (χ0v) is 9.52. The first kappa shape index (κ1) is 15.3. The molecule has 0 spiro atoms. The second-order valence-corrected chi connectivity index (χ2v) is 4.17. The van der Waals surface area contributed by atoms with Gasteiger partial charge in [-0.1, -0.05) is 7.43 Å². The van der Waals surface area contributed by atoms with Gasteiger partial charge in [0.25, 0.3) is 0 Å². The maximum absolute atomic E-state index is 11.3. The van der Waals surface area contributed by atoms with E-state index in [2.05, 4.69) is 15.3 Å². The number of hydrogen-bond donors (Lipinski definition) is 2. The first-order valence-corrected chi connectivity index (χ1v) is 4.82. The lowest BCUT2D eigenvalue weighted by Gasteiger charge is -2.19. The van der Waals surface area contributed by atoms with Gasteiger partial charge in [-0.25, -0.2) is 14.8 Å². The molecule has 0 aliphatic carbocycles. The molecule has 0 radical (unpaired) electrons. The van der Waals surface area contributed by atoms with Crippen molar-refractivity contribution in [1.82, 2.24) is 9.97 Å². The smallest absolute Gasteiger partial charge is 0.412 e. The van der Waals surface area contributed by atoms with Gasteiger partial charge in [0.2, 0.25) is 0 Å². The van der Waals surface area contributed by atoms with Crippen LogP contribution in [0.3, 0.4) is 0 Å². The van der Waals surface area contributed by atoms with Gasteiger partial charge in [-0.3, -0.25) is 5.32 Å². The highest BCUT2D eigenvalue weighted by atomic mass is 16.6. The third-order valence-electron chi connectivity index (χ3n) is 1.49. The number of carbonyl (C=O) groups excluding carboxylic acids is 1. The minimum absolute atomic E-state index is 0. The lowest BCUT2D eigenvalue weighted by Crippen LogP contribution is -2.27. The Morgan fingerprint density at radius 1 is 1.41 bits per heavy atom. The van der Waals surface area contributed by atoms with Crippen molar-refractivity contribution in [3.63, 3.8) is 0 Å². The second-order valence-electron chi connectivity index (χ2n) is 4.17. The number of anilines is 1. The van der Waals surface area contributed by atoms with E-state index in [1.807, 2.05) is 0 Å². The van der Waals surface area contributed by atoms with Gasteiger partial charge in [0.15, 0.2) is 5.82 Å². The number of rotatable bonds is 2. The Morgan fingerprint density at radius 3 is 2.35 bits per heavy atom. The fraction of sp³-hybridized carbons (Fsp3) is 0.545. The fourth-order valence-corrected chi connectivity index (χ4v) is 0.922. The maximum atomic E-state index is 11.3. The van der Waals surface area contributed by atoms with Crippen molar-refractivity contribution in [2.24, 2.45) is 0 Å². The number of nitrogens with one attached hydrogen (secondary N) is 1. The number of hydrogen-bond acceptors (Lipinski definition) is 5. The summed E-state index contributed by atoms with van der Waals surface area (Å²) in [5.41, 5.74) is -0.123. The molecule has 1 heterocycles. The maximum Gasteiger partial charge on any atom is 0.412 e. The molecule has 0 atom stereocenters. The van der Waals surface area contributed by atoms with Crippen LogP contribution in [0.2, 0.25) is 0 Å². The number of ether oxygens (including phenoxy) is 1. The SMILES string of the molecule is C.CC(C)(C)OC(=O)Nc1cnc(CO)nc1. The highest BCUT2D eigenvalue weighted by Crippen LogP contribution is 2.10. The Kier molecular flexibility index (Phi) is 5.53. The van der Waals surface area contributed by atoms with Gasteiger partial charge < -0.3 is 9.84 Å². The minimum atomic E-state index is -0.562. The number of amides is 1. The van der Waals surface area contributed by atoms with Crippen molar-refractivity contribution in [3.05, 3.63) is 18.2 Å². The molecular formula is C11H19N3O3. The minimum Gasteiger partial charge on any atom is -0.444 e. The molecule has 6 nitrogen and oxygen atoms in total. The summed E-state index contributed by atoms with van der Waals surface area (Å²) < 4.78 is 5.04. The molecule has 96 valence electrons. The predicted molar refractivity (Wildman–Crippen MR) is 64.5 cm³/mol. The van der Waals surface area contributed by atoms with Gasteiger partial charge in [0, 0.05) is 0 Å². The number of nitrogens with zero attached hydrogens (tertiary/aromatic N) is 2. The molecular weight excluding hydrogens is 222 g/mol. The first-order valence-electron chi connectivity index (χ1n) is 4.82. The molecule has 17 heavy (non-hydrogen) atoms. The third kappa shape index (κ3) is 5.82. The van der Waals surface area contributed by atoms with E-state index in [0.29, 0.717) is 11.5 Å². The van der Waals surface area contributed by atoms with Crippen LogP contribution in [0.1, 0.15) is 34.0 Å². The van der Waals surface area contributed by atoms with Crippen LogP contribution < -0.4 is 5.32 Å². The monoisotopic (exact) mass is 241 g/mol. The Hall–Kier alpha value is -1.69. The molecule has 1 rings (SSSR count). The number of aromatic nitrogens is 2. The van der Waals surface area contributed by atoms with Crippen LogP contribution in [0.25, 0.3) is 0 Å². The highest BCUT2D eigenvalue weighted by molar-refractivity contribution is 5.84. The molecule has 0 fully saturated rings. The summed E-state index contributed by atoms with van der Waals surface area (Å²) in [6.45, 7) is 5.10. The Balaban J connectivity index is 0.00000256. The Morgan fingerprint density at radius 2 is 1.94 bits per heavy atom. The van der Waals surface area contributed by atoms with E-state index in [9.17, 15) is 4.79 Å². The summed E-state index contributed by atoms with van der Waals surface area (Å²) >= 11 is 0. The van der Waals surface area contributed by atoms with Crippen molar-refractivity contribution in [2.75, 3.05) is 5.32 Å². The molecule has 1 aromatic rings.